The maximum Gasteiger partial charge on any atom is 0.346 e. The lowest BCUT2D eigenvalue weighted by molar-refractivity contribution is 0.0729. The van der Waals surface area contributed by atoms with E-state index >= 15 is 0 Å². The van der Waals surface area contributed by atoms with Crippen molar-refractivity contribution < 1.29 is 23.0 Å². The topological polar surface area (TPSA) is 59.3 Å². The molecule has 0 heterocycles. The Kier molecular flexibility index (Phi) is 10.5. The van der Waals surface area contributed by atoms with E-state index in [1.807, 2.05) is 0 Å². The highest BCUT2D eigenvalue weighted by atomic mass is 19.1. The van der Waals surface area contributed by atoms with Gasteiger partial charge in [0.1, 0.15) is 29.2 Å². The van der Waals surface area contributed by atoms with Crippen LogP contribution in [0, 0.1) is 34.8 Å². The number of benzene rings is 2. The zero-order valence-electron chi connectivity index (χ0n) is 20.5. The second kappa shape index (κ2) is 13.8. The van der Waals surface area contributed by atoms with Crippen LogP contribution >= 0.6 is 0 Å². The van der Waals surface area contributed by atoms with Crippen molar-refractivity contribution in [3.8, 4) is 17.6 Å². The third kappa shape index (κ3) is 8.35. The van der Waals surface area contributed by atoms with Crippen LogP contribution < -0.4 is 9.47 Å². The molecule has 0 unspecified atom stereocenters. The Labute approximate surface area is 207 Å². The van der Waals surface area contributed by atoms with Gasteiger partial charge in [-0.05, 0) is 48.9 Å². The molecule has 1 aliphatic carbocycles. The van der Waals surface area contributed by atoms with Crippen molar-refractivity contribution in [2.24, 2.45) is 11.8 Å². The summed E-state index contributed by atoms with van der Waals surface area (Å²) in [6.07, 6.45) is 14.1. The molecular formula is C29H35F2NO3. The third-order valence-electron chi connectivity index (χ3n) is 6.85. The number of hydrogen-bond donors (Lipinski definition) is 0. The predicted octanol–water partition coefficient (Wildman–Crippen LogP) is 7.99. The first-order valence-electron chi connectivity index (χ1n) is 12.8. The summed E-state index contributed by atoms with van der Waals surface area (Å²) in [4.78, 5) is 12.3. The van der Waals surface area contributed by atoms with E-state index in [0.717, 1.165) is 24.8 Å². The predicted molar refractivity (Wildman–Crippen MR) is 131 cm³/mol. The highest BCUT2D eigenvalue weighted by molar-refractivity contribution is 5.91. The van der Waals surface area contributed by atoms with Crippen molar-refractivity contribution >= 4 is 5.97 Å². The van der Waals surface area contributed by atoms with E-state index in [2.05, 4.69) is 6.92 Å². The molecule has 6 heteroatoms. The molecule has 2 aromatic rings. The van der Waals surface area contributed by atoms with Crippen molar-refractivity contribution in [1.29, 1.82) is 5.26 Å². The SMILES string of the molecule is CCCCCCCCC1CCC(COc2ccc(C(=O)Oc3ccc(C#N)c(F)c3)c(F)c2)CC1. The quantitative estimate of drug-likeness (QED) is 0.174. The molecule has 0 spiro atoms. The number of nitriles is 1. The van der Waals surface area contributed by atoms with Crippen LogP contribution in [0.1, 0.15) is 93.5 Å². The Morgan fingerprint density at radius 3 is 2.26 bits per heavy atom. The second-order valence-electron chi connectivity index (χ2n) is 9.54. The number of carbonyl (C=O) groups is 1. The van der Waals surface area contributed by atoms with Gasteiger partial charge in [-0.15, -0.1) is 0 Å². The van der Waals surface area contributed by atoms with Crippen LogP contribution in [0.5, 0.6) is 11.5 Å². The van der Waals surface area contributed by atoms with Gasteiger partial charge in [0.15, 0.2) is 0 Å². The fourth-order valence-corrected chi connectivity index (χ4v) is 4.68. The summed E-state index contributed by atoms with van der Waals surface area (Å²) >= 11 is 0. The monoisotopic (exact) mass is 483 g/mol. The van der Waals surface area contributed by atoms with E-state index in [-0.39, 0.29) is 16.9 Å². The number of rotatable bonds is 12. The van der Waals surface area contributed by atoms with Gasteiger partial charge in [0.2, 0.25) is 0 Å². The van der Waals surface area contributed by atoms with Gasteiger partial charge < -0.3 is 9.47 Å². The normalized spacial score (nSPS) is 17.5. The Bertz CT molecular complexity index is 1010. The Morgan fingerprint density at radius 1 is 0.914 bits per heavy atom. The Balaban J connectivity index is 1.40. The van der Waals surface area contributed by atoms with Crippen molar-refractivity contribution in [3.63, 3.8) is 0 Å². The Hall–Kier alpha value is -2.94. The van der Waals surface area contributed by atoms with Crippen molar-refractivity contribution in [2.45, 2.75) is 77.6 Å². The number of carbonyl (C=O) groups excluding carboxylic acids is 1. The second-order valence-corrected chi connectivity index (χ2v) is 9.54. The van der Waals surface area contributed by atoms with Gasteiger partial charge in [-0.1, -0.05) is 64.7 Å². The van der Waals surface area contributed by atoms with Crippen LogP contribution in [0.15, 0.2) is 36.4 Å². The molecule has 188 valence electrons. The molecule has 0 bridgehead atoms. The summed E-state index contributed by atoms with van der Waals surface area (Å²) in [6.45, 7) is 2.78. The average Bonchev–Trinajstić information content (AvgIpc) is 2.85. The molecule has 35 heavy (non-hydrogen) atoms. The van der Waals surface area contributed by atoms with Gasteiger partial charge in [-0.2, -0.15) is 5.26 Å². The lowest BCUT2D eigenvalue weighted by atomic mass is 9.80. The molecule has 0 aliphatic heterocycles. The highest BCUT2D eigenvalue weighted by Gasteiger charge is 2.22. The van der Waals surface area contributed by atoms with Gasteiger partial charge >= 0.3 is 5.97 Å². The molecule has 0 N–H and O–H groups in total. The molecule has 1 saturated carbocycles. The zero-order chi connectivity index (χ0) is 25.0. The first-order chi connectivity index (χ1) is 17.0. The van der Waals surface area contributed by atoms with Crippen LogP contribution in [0.2, 0.25) is 0 Å². The fourth-order valence-electron chi connectivity index (χ4n) is 4.68. The molecule has 0 amide bonds. The number of halogens is 2. The van der Waals surface area contributed by atoms with Gasteiger partial charge in [0.05, 0.1) is 17.7 Å². The number of hydrogen-bond acceptors (Lipinski definition) is 4. The van der Waals surface area contributed by atoms with E-state index < -0.39 is 17.6 Å². The van der Waals surface area contributed by atoms with E-state index in [0.29, 0.717) is 18.3 Å². The van der Waals surface area contributed by atoms with Crippen molar-refractivity contribution in [1.82, 2.24) is 0 Å². The number of unbranched alkanes of at least 4 members (excludes halogenated alkanes) is 5. The van der Waals surface area contributed by atoms with Gasteiger partial charge in [0, 0.05) is 12.1 Å². The Morgan fingerprint density at radius 2 is 1.57 bits per heavy atom. The summed E-state index contributed by atoms with van der Waals surface area (Å²) in [7, 11) is 0. The lowest BCUT2D eigenvalue weighted by Crippen LogP contribution is -2.20. The summed E-state index contributed by atoms with van der Waals surface area (Å²) in [5.74, 6) is -0.944. The van der Waals surface area contributed by atoms with E-state index in [1.54, 1.807) is 12.1 Å². The van der Waals surface area contributed by atoms with E-state index in [9.17, 15) is 13.6 Å². The molecule has 1 fully saturated rings. The van der Waals surface area contributed by atoms with Crippen LogP contribution in [-0.4, -0.2) is 12.6 Å². The standard InChI is InChI=1S/C29H35F2NO3/c1-2-3-4-5-6-7-8-21-9-11-22(12-10-21)20-34-24-15-16-26(28(31)17-24)29(33)35-25-14-13-23(19-32)27(30)18-25/h13-18,21-22H,2-12,20H2,1H3. The highest BCUT2D eigenvalue weighted by Crippen LogP contribution is 2.33. The van der Waals surface area contributed by atoms with E-state index in [1.165, 1.54) is 82.1 Å². The molecule has 4 nitrogen and oxygen atoms in total. The fraction of sp³-hybridized carbons (Fsp3) is 0.517. The summed E-state index contributed by atoms with van der Waals surface area (Å²) in [5, 5.41) is 8.77. The van der Waals surface area contributed by atoms with Crippen LogP contribution in [0.3, 0.4) is 0 Å². The number of nitrogens with zero attached hydrogens (tertiary/aromatic N) is 1. The molecule has 0 saturated heterocycles. The summed E-state index contributed by atoms with van der Waals surface area (Å²) < 4.78 is 39.1. The van der Waals surface area contributed by atoms with Crippen LogP contribution in [0.25, 0.3) is 0 Å². The molecule has 1 aliphatic rings. The molecule has 0 radical (unpaired) electrons. The van der Waals surface area contributed by atoms with Gasteiger partial charge in [-0.25, -0.2) is 13.6 Å². The van der Waals surface area contributed by atoms with E-state index in [4.69, 9.17) is 14.7 Å². The maximum atomic E-state index is 14.5. The summed E-state index contributed by atoms with van der Waals surface area (Å²) in [5.41, 5.74) is -0.430. The number of esters is 1. The molecule has 0 aromatic heterocycles. The smallest absolute Gasteiger partial charge is 0.346 e. The largest absolute Gasteiger partial charge is 0.493 e. The molecule has 0 atom stereocenters. The maximum absolute atomic E-state index is 14.5. The van der Waals surface area contributed by atoms with Crippen LogP contribution in [-0.2, 0) is 0 Å². The lowest BCUT2D eigenvalue weighted by Gasteiger charge is -2.28. The minimum Gasteiger partial charge on any atom is -0.493 e. The van der Waals surface area contributed by atoms with Gasteiger partial charge in [-0.3, -0.25) is 0 Å². The molecule has 3 rings (SSSR count). The minimum absolute atomic E-state index is 0.0988. The summed E-state index contributed by atoms with van der Waals surface area (Å²) in [6, 6.07) is 9.14. The third-order valence-corrected chi connectivity index (χ3v) is 6.85. The van der Waals surface area contributed by atoms with Crippen molar-refractivity contribution in [3.05, 3.63) is 59.2 Å². The molecular weight excluding hydrogens is 448 g/mol. The average molecular weight is 484 g/mol. The first kappa shape index (κ1) is 26.7. The zero-order valence-corrected chi connectivity index (χ0v) is 20.5. The van der Waals surface area contributed by atoms with Crippen molar-refractivity contribution in [2.75, 3.05) is 6.61 Å². The van der Waals surface area contributed by atoms with Gasteiger partial charge in [0.25, 0.3) is 0 Å². The minimum atomic E-state index is -0.943. The van der Waals surface area contributed by atoms with Crippen LogP contribution in [0.4, 0.5) is 8.78 Å². The number of ether oxygens (including phenoxy) is 2. The molecule has 2 aromatic carbocycles. The first-order valence-corrected chi connectivity index (χ1v) is 12.8.